The average Bonchev–Trinajstić information content (AvgIpc) is 3.04. The molecule has 17 heavy (non-hydrogen) atoms. The number of aromatic amines is 1. The summed E-state index contributed by atoms with van der Waals surface area (Å²) in [5.74, 6) is 0. The molecule has 88 valence electrons. The molecule has 1 heterocycles. The van der Waals surface area contributed by atoms with Crippen LogP contribution < -0.4 is 5.56 Å². The van der Waals surface area contributed by atoms with Crippen LogP contribution in [-0.2, 0) is 0 Å². The van der Waals surface area contributed by atoms with Gasteiger partial charge in [0.2, 0.25) is 0 Å². The minimum atomic E-state index is -0.00625. The topological polar surface area (TPSA) is 37.8 Å². The van der Waals surface area contributed by atoms with Crippen LogP contribution in [0.2, 0.25) is 0 Å². The second kappa shape index (κ2) is 4.03. The molecule has 0 atom stereocenters. The Morgan fingerprint density at radius 2 is 2.06 bits per heavy atom. The second-order valence-electron chi connectivity index (χ2n) is 4.15. The summed E-state index contributed by atoms with van der Waals surface area (Å²) >= 11 is 12.1. The van der Waals surface area contributed by atoms with E-state index in [1.165, 1.54) is 0 Å². The van der Waals surface area contributed by atoms with Crippen molar-refractivity contribution in [3.8, 4) is 0 Å². The van der Waals surface area contributed by atoms with Crippen molar-refractivity contribution in [2.45, 2.75) is 18.9 Å². The zero-order chi connectivity index (χ0) is 12.2. The van der Waals surface area contributed by atoms with E-state index in [0.717, 1.165) is 27.3 Å². The predicted molar refractivity (Wildman–Crippen MR) is 77.1 cm³/mol. The first-order valence-electron chi connectivity index (χ1n) is 5.21. The smallest absolute Gasteiger partial charge is 0.262 e. The maximum Gasteiger partial charge on any atom is 0.262 e. The van der Waals surface area contributed by atoms with E-state index in [-0.39, 0.29) is 11.6 Å². The summed E-state index contributed by atoms with van der Waals surface area (Å²) in [6.45, 7) is 0. The van der Waals surface area contributed by atoms with Crippen LogP contribution in [0.3, 0.4) is 0 Å². The normalized spacial score (nSPS) is 15.4. The van der Waals surface area contributed by atoms with E-state index in [2.05, 4.69) is 36.8 Å². The van der Waals surface area contributed by atoms with E-state index < -0.39 is 0 Å². The number of aromatic nitrogens is 2. The molecule has 1 aliphatic carbocycles. The molecule has 3 nitrogen and oxygen atoms in total. The highest BCUT2D eigenvalue weighted by Crippen LogP contribution is 2.34. The highest BCUT2D eigenvalue weighted by molar-refractivity contribution is 9.11. The second-order valence-corrected chi connectivity index (χ2v) is 6.30. The Hall–Kier alpha value is -0.460. The van der Waals surface area contributed by atoms with Gasteiger partial charge in [0.05, 0.1) is 10.9 Å². The van der Waals surface area contributed by atoms with Gasteiger partial charge in [-0.05, 0) is 53.1 Å². The lowest BCUT2D eigenvalue weighted by atomic mass is 10.2. The standard InChI is InChI=1S/C11H8Br2N2OS/c12-5-3-7-9(8(13)4-5)14-11(17)15(10(7)16)6-1-2-6/h3-4,6H,1-2H2,(H,14,17). The van der Waals surface area contributed by atoms with Gasteiger partial charge in [-0.1, -0.05) is 15.9 Å². The lowest BCUT2D eigenvalue weighted by Crippen LogP contribution is -2.21. The van der Waals surface area contributed by atoms with Crippen molar-refractivity contribution in [3.05, 3.63) is 36.2 Å². The molecule has 0 radical (unpaired) electrons. The predicted octanol–water partition coefficient (Wildman–Crippen LogP) is 3.92. The summed E-state index contributed by atoms with van der Waals surface area (Å²) in [4.78, 5) is 15.5. The third-order valence-electron chi connectivity index (χ3n) is 2.87. The number of halogens is 2. The summed E-state index contributed by atoms with van der Waals surface area (Å²) < 4.78 is 3.92. The summed E-state index contributed by atoms with van der Waals surface area (Å²) in [5.41, 5.74) is 0.758. The van der Waals surface area contributed by atoms with Gasteiger partial charge < -0.3 is 4.98 Å². The van der Waals surface area contributed by atoms with Crippen molar-refractivity contribution in [1.82, 2.24) is 9.55 Å². The lowest BCUT2D eigenvalue weighted by molar-refractivity contribution is 0.685. The Balaban J connectivity index is 2.49. The first-order chi connectivity index (χ1) is 8.08. The minimum Gasteiger partial charge on any atom is -0.331 e. The van der Waals surface area contributed by atoms with Crippen LogP contribution in [0.5, 0.6) is 0 Å². The maximum absolute atomic E-state index is 12.4. The third kappa shape index (κ3) is 1.92. The van der Waals surface area contributed by atoms with Gasteiger partial charge in [0, 0.05) is 15.0 Å². The van der Waals surface area contributed by atoms with Gasteiger partial charge in [0.1, 0.15) is 0 Å². The molecular formula is C11H8Br2N2OS. The number of hydrogen-bond donors (Lipinski definition) is 1. The highest BCUT2D eigenvalue weighted by Gasteiger charge is 2.26. The first kappa shape index (κ1) is 11.6. The SMILES string of the molecule is O=c1c2cc(Br)cc(Br)c2[nH]c(=S)n1C1CC1. The molecule has 1 aromatic carbocycles. The quantitative estimate of drug-likeness (QED) is 0.767. The van der Waals surface area contributed by atoms with Gasteiger partial charge in [-0.2, -0.15) is 0 Å². The van der Waals surface area contributed by atoms with Crippen LogP contribution in [-0.4, -0.2) is 9.55 Å². The zero-order valence-corrected chi connectivity index (χ0v) is 12.7. The van der Waals surface area contributed by atoms with Crippen molar-refractivity contribution < 1.29 is 0 Å². The molecule has 0 unspecified atom stereocenters. The van der Waals surface area contributed by atoms with Crippen molar-refractivity contribution >= 4 is 55.0 Å². The monoisotopic (exact) mass is 374 g/mol. The average molecular weight is 376 g/mol. The molecule has 0 bridgehead atoms. The Bertz CT molecular complexity index is 731. The largest absolute Gasteiger partial charge is 0.331 e. The van der Waals surface area contributed by atoms with Gasteiger partial charge in [0.25, 0.3) is 5.56 Å². The number of nitrogens with one attached hydrogen (secondary N) is 1. The molecule has 0 aliphatic heterocycles. The van der Waals surface area contributed by atoms with Gasteiger partial charge >= 0.3 is 0 Å². The van der Waals surface area contributed by atoms with Gasteiger partial charge in [-0.15, -0.1) is 0 Å². The third-order valence-corrected chi connectivity index (χ3v) is 4.25. The minimum absolute atomic E-state index is 0.00625. The Labute approximate surface area is 119 Å². The fourth-order valence-electron chi connectivity index (χ4n) is 1.92. The van der Waals surface area contributed by atoms with Crippen molar-refractivity contribution in [2.24, 2.45) is 0 Å². The van der Waals surface area contributed by atoms with E-state index in [1.54, 1.807) is 4.57 Å². The molecule has 1 aliphatic rings. The fraction of sp³-hybridized carbons (Fsp3) is 0.273. The molecular weight excluding hydrogens is 368 g/mol. The number of nitrogens with zero attached hydrogens (tertiary/aromatic N) is 1. The molecule has 1 saturated carbocycles. The fourth-order valence-corrected chi connectivity index (χ4v) is 3.58. The van der Waals surface area contributed by atoms with E-state index in [4.69, 9.17) is 12.2 Å². The van der Waals surface area contributed by atoms with Crippen LogP contribution in [0.15, 0.2) is 25.9 Å². The van der Waals surface area contributed by atoms with Crippen molar-refractivity contribution in [3.63, 3.8) is 0 Å². The molecule has 1 aromatic heterocycles. The van der Waals surface area contributed by atoms with Gasteiger partial charge in [0.15, 0.2) is 4.77 Å². The van der Waals surface area contributed by atoms with Crippen molar-refractivity contribution in [1.29, 1.82) is 0 Å². The van der Waals surface area contributed by atoms with Crippen LogP contribution in [0.4, 0.5) is 0 Å². The molecule has 1 fully saturated rings. The molecule has 1 N–H and O–H groups in total. The van der Waals surface area contributed by atoms with E-state index in [9.17, 15) is 4.79 Å². The van der Waals surface area contributed by atoms with E-state index in [1.807, 2.05) is 12.1 Å². The van der Waals surface area contributed by atoms with E-state index >= 15 is 0 Å². The van der Waals surface area contributed by atoms with Crippen molar-refractivity contribution in [2.75, 3.05) is 0 Å². The molecule has 6 heteroatoms. The maximum atomic E-state index is 12.4. The number of H-pyrrole nitrogens is 1. The number of fused-ring (bicyclic) bond motifs is 1. The molecule has 0 spiro atoms. The number of hydrogen-bond acceptors (Lipinski definition) is 2. The van der Waals surface area contributed by atoms with Gasteiger partial charge in [-0.25, -0.2) is 0 Å². The summed E-state index contributed by atoms with van der Waals surface area (Å²) in [7, 11) is 0. The summed E-state index contributed by atoms with van der Waals surface area (Å²) in [5, 5.41) is 0.659. The molecule has 2 aromatic rings. The van der Waals surface area contributed by atoms with Gasteiger partial charge in [-0.3, -0.25) is 9.36 Å². The van der Waals surface area contributed by atoms with E-state index in [0.29, 0.717) is 10.2 Å². The van der Waals surface area contributed by atoms with Crippen LogP contribution in [0, 0.1) is 4.77 Å². The van der Waals surface area contributed by atoms with Crippen LogP contribution in [0.25, 0.3) is 10.9 Å². The number of benzene rings is 1. The number of rotatable bonds is 1. The first-order valence-corrected chi connectivity index (χ1v) is 7.21. The van der Waals surface area contributed by atoms with Crippen LogP contribution in [0.1, 0.15) is 18.9 Å². The Morgan fingerprint density at radius 1 is 1.35 bits per heavy atom. The molecule has 0 saturated heterocycles. The Kier molecular flexibility index (Phi) is 2.76. The lowest BCUT2D eigenvalue weighted by Gasteiger charge is -2.08. The summed E-state index contributed by atoms with van der Waals surface area (Å²) in [6.07, 6.45) is 2.08. The molecule has 0 amide bonds. The zero-order valence-electron chi connectivity index (χ0n) is 8.67. The molecule has 3 rings (SSSR count). The van der Waals surface area contributed by atoms with Crippen LogP contribution >= 0.6 is 44.1 Å². The highest BCUT2D eigenvalue weighted by atomic mass is 79.9. The Morgan fingerprint density at radius 3 is 2.71 bits per heavy atom. The summed E-state index contributed by atoms with van der Waals surface area (Å²) in [6, 6.07) is 4.01.